The van der Waals surface area contributed by atoms with E-state index in [0.717, 1.165) is 47.0 Å². The lowest BCUT2D eigenvalue weighted by Crippen LogP contribution is -2.25. The predicted molar refractivity (Wildman–Crippen MR) is 108 cm³/mol. The lowest BCUT2D eigenvalue weighted by atomic mass is 10.2. The minimum Gasteiger partial charge on any atom is -0.377 e. The van der Waals surface area contributed by atoms with Gasteiger partial charge in [0.2, 0.25) is 0 Å². The molecule has 0 spiro atoms. The Morgan fingerprint density at radius 1 is 1.26 bits per heavy atom. The number of nitrogens with one attached hydrogen (secondary N) is 1. The summed E-state index contributed by atoms with van der Waals surface area (Å²) in [5.74, 6) is 1.65. The summed E-state index contributed by atoms with van der Waals surface area (Å²) in [6.45, 7) is 1.25. The lowest BCUT2D eigenvalue weighted by molar-refractivity contribution is 0.0946. The first kappa shape index (κ1) is 18.1. The van der Waals surface area contributed by atoms with Gasteiger partial charge in [0.1, 0.15) is 5.82 Å². The number of carbonyl (C=O) groups excluding carboxylic acids is 1. The number of nitrogens with zero attached hydrogens (tertiary/aromatic N) is 2. The van der Waals surface area contributed by atoms with Crippen LogP contribution >= 0.6 is 11.8 Å². The minimum atomic E-state index is -0.0718. The molecule has 0 radical (unpaired) electrons. The van der Waals surface area contributed by atoms with Gasteiger partial charge in [-0.15, -0.1) is 11.8 Å². The molecule has 1 aliphatic heterocycles. The molecule has 2 aromatic carbocycles. The molecule has 1 amide bonds. The Kier molecular flexibility index (Phi) is 5.45. The number of amides is 1. The van der Waals surface area contributed by atoms with Gasteiger partial charge in [-0.3, -0.25) is 4.79 Å². The number of imidazole rings is 1. The zero-order valence-electron chi connectivity index (χ0n) is 15.4. The second-order valence-corrected chi connectivity index (χ2v) is 7.76. The lowest BCUT2D eigenvalue weighted by Gasteiger charge is -2.12. The fraction of sp³-hybridized carbons (Fsp3) is 0.333. The Morgan fingerprint density at radius 3 is 2.89 bits per heavy atom. The molecule has 3 aromatic rings. The molecule has 0 bridgehead atoms. The first-order chi connectivity index (χ1) is 13.2. The maximum absolute atomic E-state index is 12.8. The number of carbonyl (C=O) groups is 1. The second kappa shape index (κ2) is 8.15. The zero-order valence-corrected chi connectivity index (χ0v) is 16.2. The largest absolute Gasteiger partial charge is 0.377 e. The molecule has 1 aliphatic rings. The van der Waals surface area contributed by atoms with Gasteiger partial charge in [-0.05, 0) is 37.1 Å². The third-order valence-electron chi connectivity index (χ3n) is 4.87. The summed E-state index contributed by atoms with van der Waals surface area (Å²) in [5, 5.41) is 3.02. The van der Waals surface area contributed by atoms with Gasteiger partial charge in [0, 0.05) is 24.3 Å². The number of benzene rings is 2. The maximum Gasteiger partial charge on any atom is 0.252 e. The van der Waals surface area contributed by atoms with E-state index in [-0.39, 0.29) is 5.91 Å². The average Bonchev–Trinajstić information content (AvgIpc) is 3.33. The molecule has 1 aromatic heterocycles. The van der Waals surface area contributed by atoms with Gasteiger partial charge in [-0.2, -0.15) is 0 Å². The number of ether oxygens (including phenoxy) is 1. The van der Waals surface area contributed by atoms with Crippen LogP contribution in [0.1, 0.15) is 29.0 Å². The molecule has 0 aliphatic carbocycles. The molecule has 2 heterocycles. The molecule has 1 N–H and O–H groups in total. The Bertz CT molecular complexity index is 948. The van der Waals surface area contributed by atoms with Crippen molar-refractivity contribution in [2.24, 2.45) is 7.05 Å². The standard InChI is InChI=1S/C21H23N3O2S/c1-24-18-10-4-3-9-17(18)23-20(24)13-22-21(25)16-8-2-5-11-19(16)27-14-15-7-6-12-26-15/h2-5,8-11,15H,6-7,12-14H2,1H3,(H,22,25)/t15-/m1/s1. The third kappa shape index (κ3) is 4.01. The van der Waals surface area contributed by atoms with Gasteiger partial charge < -0.3 is 14.6 Å². The van der Waals surface area contributed by atoms with Crippen LogP contribution in [0, 0.1) is 0 Å². The van der Waals surface area contributed by atoms with Crippen molar-refractivity contribution in [3.05, 3.63) is 59.9 Å². The van der Waals surface area contributed by atoms with Crippen LogP contribution in [0.3, 0.4) is 0 Å². The van der Waals surface area contributed by atoms with Gasteiger partial charge in [0.15, 0.2) is 0 Å². The highest BCUT2D eigenvalue weighted by molar-refractivity contribution is 7.99. The normalized spacial score (nSPS) is 16.7. The molecule has 27 heavy (non-hydrogen) atoms. The van der Waals surface area contributed by atoms with Crippen LogP contribution in [-0.2, 0) is 18.3 Å². The summed E-state index contributed by atoms with van der Waals surface area (Å²) in [6.07, 6.45) is 2.53. The number of para-hydroxylation sites is 2. The SMILES string of the molecule is Cn1c(CNC(=O)c2ccccc2SC[C@H]2CCCO2)nc2ccccc21. The van der Waals surface area contributed by atoms with Crippen LogP contribution in [0.5, 0.6) is 0 Å². The average molecular weight is 382 g/mol. The first-order valence-electron chi connectivity index (χ1n) is 9.24. The van der Waals surface area contributed by atoms with Gasteiger partial charge in [0.05, 0.1) is 29.2 Å². The van der Waals surface area contributed by atoms with Crippen LogP contribution in [0.15, 0.2) is 53.4 Å². The van der Waals surface area contributed by atoms with Crippen LogP contribution in [-0.4, -0.2) is 33.9 Å². The van der Waals surface area contributed by atoms with Crippen molar-refractivity contribution >= 4 is 28.7 Å². The van der Waals surface area contributed by atoms with E-state index >= 15 is 0 Å². The molecule has 1 saturated heterocycles. The number of aromatic nitrogens is 2. The van der Waals surface area contributed by atoms with Crippen molar-refractivity contribution < 1.29 is 9.53 Å². The van der Waals surface area contributed by atoms with Crippen molar-refractivity contribution in [3.63, 3.8) is 0 Å². The van der Waals surface area contributed by atoms with E-state index < -0.39 is 0 Å². The Hall–Kier alpha value is -2.31. The fourth-order valence-corrected chi connectivity index (χ4v) is 4.47. The molecule has 1 fully saturated rings. The number of hydrogen-bond acceptors (Lipinski definition) is 4. The summed E-state index contributed by atoms with van der Waals surface area (Å²) in [7, 11) is 1.97. The number of thioether (sulfide) groups is 1. The van der Waals surface area contributed by atoms with Crippen LogP contribution < -0.4 is 5.32 Å². The van der Waals surface area contributed by atoms with E-state index in [4.69, 9.17) is 4.74 Å². The van der Waals surface area contributed by atoms with Crippen molar-refractivity contribution in [1.29, 1.82) is 0 Å². The summed E-state index contributed by atoms with van der Waals surface area (Å²) < 4.78 is 7.71. The van der Waals surface area contributed by atoms with Crippen molar-refractivity contribution in [3.8, 4) is 0 Å². The highest BCUT2D eigenvalue weighted by Crippen LogP contribution is 2.26. The van der Waals surface area contributed by atoms with Crippen molar-refractivity contribution in [2.75, 3.05) is 12.4 Å². The molecule has 0 unspecified atom stereocenters. The topological polar surface area (TPSA) is 56.2 Å². The smallest absolute Gasteiger partial charge is 0.252 e. The fourth-order valence-electron chi connectivity index (χ4n) is 3.35. The van der Waals surface area contributed by atoms with E-state index in [0.29, 0.717) is 18.2 Å². The maximum atomic E-state index is 12.8. The number of hydrogen-bond donors (Lipinski definition) is 1. The Labute approximate surface area is 163 Å². The summed E-state index contributed by atoms with van der Waals surface area (Å²) in [4.78, 5) is 18.4. The summed E-state index contributed by atoms with van der Waals surface area (Å²) >= 11 is 1.69. The van der Waals surface area contributed by atoms with Crippen LogP contribution in [0.25, 0.3) is 11.0 Å². The Morgan fingerprint density at radius 2 is 2.07 bits per heavy atom. The van der Waals surface area contributed by atoms with Crippen LogP contribution in [0.4, 0.5) is 0 Å². The van der Waals surface area contributed by atoms with E-state index in [9.17, 15) is 4.79 Å². The summed E-state index contributed by atoms with van der Waals surface area (Å²) in [6, 6.07) is 15.7. The predicted octanol–water partition coefficient (Wildman–Crippen LogP) is 3.77. The first-order valence-corrected chi connectivity index (χ1v) is 10.2. The molecule has 1 atom stereocenters. The quantitative estimate of drug-likeness (QED) is 0.661. The van der Waals surface area contributed by atoms with E-state index in [2.05, 4.69) is 10.3 Å². The second-order valence-electron chi connectivity index (χ2n) is 6.70. The molecular formula is C21H23N3O2S. The van der Waals surface area contributed by atoms with E-state index in [1.165, 1.54) is 0 Å². The van der Waals surface area contributed by atoms with Crippen molar-refractivity contribution in [2.45, 2.75) is 30.4 Å². The molecule has 5 nitrogen and oxygen atoms in total. The van der Waals surface area contributed by atoms with E-state index in [1.807, 2.05) is 60.1 Å². The third-order valence-corrected chi connectivity index (χ3v) is 6.07. The Balaban J connectivity index is 1.44. The number of aryl methyl sites for hydroxylation is 1. The van der Waals surface area contributed by atoms with Crippen LogP contribution in [0.2, 0.25) is 0 Å². The van der Waals surface area contributed by atoms with Gasteiger partial charge in [-0.1, -0.05) is 24.3 Å². The minimum absolute atomic E-state index is 0.0718. The van der Waals surface area contributed by atoms with Crippen molar-refractivity contribution in [1.82, 2.24) is 14.9 Å². The molecule has 0 saturated carbocycles. The van der Waals surface area contributed by atoms with Gasteiger partial charge in [0.25, 0.3) is 5.91 Å². The number of rotatable bonds is 6. The highest BCUT2D eigenvalue weighted by atomic mass is 32.2. The van der Waals surface area contributed by atoms with Gasteiger partial charge >= 0.3 is 0 Å². The summed E-state index contributed by atoms with van der Waals surface area (Å²) in [5.41, 5.74) is 2.71. The number of fused-ring (bicyclic) bond motifs is 1. The monoisotopic (exact) mass is 381 g/mol. The van der Waals surface area contributed by atoms with E-state index in [1.54, 1.807) is 11.8 Å². The zero-order chi connectivity index (χ0) is 18.6. The molecule has 6 heteroatoms. The highest BCUT2D eigenvalue weighted by Gasteiger charge is 2.18. The molecule has 140 valence electrons. The van der Waals surface area contributed by atoms with Gasteiger partial charge in [-0.25, -0.2) is 4.98 Å². The molecular weight excluding hydrogens is 358 g/mol. The molecule has 4 rings (SSSR count).